The second kappa shape index (κ2) is 39.5. The van der Waals surface area contributed by atoms with Crippen LogP contribution < -0.4 is 0 Å². The van der Waals surface area contributed by atoms with Gasteiger partial charge in [0.1, 0.15) is 6.61 Å². The average molecular weight is 727 g/mol. The Morgan fingerprint density at radius 3 is 1.71 bits per heavy atom. The lowest BCUT2D eigenvalue weighted by atomic mass is 9.99. The third-order valence-corrected chi connectivity index (χ3v) is 9.15. The normalized spacial score (nSPS) is 14.2. The molecule has 0 aromatic heterocycles. The first-order chi connectivity index (χ1) is 25.4. The Morgan fingerprint density at radius 1 is 0.615 bits per heavy atom. The van der Waals surface area contributed by atoms with Gasteiger partial charge in [-0.1, -0.05) is 190 Å². The first-order valence-electron chi connectivity index (χ1n) is 21.0. The predicted octanol–water partition coefficient (Wildman–Crippen LogP) is 12.2. The topological polar surface area (TPSA) is 93.1 Å². The fraction of sp³-hybridized carbons (Fsp3) is 0.696. The number of carbonyl (C=O) groups is 2. The smallest absolute Gasteiger partial charge is 0.306 e. The van der Waals surface area contributed by atoms with Crippen LogP contribution >= 0.6 is 0 Å². The van der Waals surface area contributed by atoms with E-state index in [1.165, 1.54) is 83.5 Å². The van der Waals surface area contributed by atoms with Crippen molar-refractivity contribution in [2.24, 2.45) is 5.92 Å². The molecule has 6 nitrogen and oxygen atoms in total. The maximum atomic E-state index is 12.2. The maximum Gasteiger partial charge on any atom is 0.306 e. The van der Waals surface area contributed by atoms with Crippen molar-refractivity contribution in [2.45, 2.75) is 187 Å². The van der Waals surface area contributed by atoms with Gasteiger partial charge < -0.3 is 19.7 Å². The van der Waals surface area contributed by atoms with E-state index in [0.29, 0.717) is 19.3 Å². The molecule has 2 N–H and O–H groups in total. The maximum absolute atomic E-state index is 12.2. The molecule has 0 aliphatic rings. The summed E-state index contributed by atoms with van der Waals surface area (Å²) in [5.41, 5.74) is 0. The Morgan fingerprint density at radius 2 is 1.15 bits per heavy atom. The van der Waals surface area contributed by atoms with E-state index >= 15 is 0 Å². The zero-order chi connectivity index (χ0) is 38.2. The number of carbonyl (C=O) groups excluding carboxylic acids is 2. The monoisotopic (exact) mass is 727 g/mol. The molecule has 0 heterocycles. The van der Waals surface area contributed by atoms with Crippen LogP contribution in [0.25, 0.3) is 0 Å². The van der Waals surface area contributed by atoms with E-state index < -0.39 is 24.8 Å². The van der Waals surface area contributed by atoms with Crippen LogP contribution in [0.4, 0.5) is 0 Å². The third kappa shape index (κ3) is 37.1. The zero-order valence-corrected chi connectivity index (χ0v) is 33.6. The molecular weight excluding hydrogens is 648 g/mol. The Hall–Kier alpha value is -2.70. The van der Waals surface area contributed by atoms with Crippen LogP contribution in [0.3, 0.4) is 0 Å². The minimum absolute atomic E-state index is 0.132. The van der Waals surface area contributed by atoms with Crippen LogP contribution in [0.15, 0.2) is 72.9 Å². The summed E-state index contributed by atoms with van der Waals surface area (Å²) in [5.74, 6) is 0.118. The van der Waals surface area contributed by atoms with Crippen molar-refractivity contribution >= 4 is 11.9 Å². The summed E-state index contributed by atoms with van der Waals surface area (Å²) in [5, 5.41) is 19.7. The van der Waals surface area contributed by atoms with Crippen molar-refractivity contribution < 1.29 is 29.3 Å². The molecule has 0 aromatic rings. The van der Waals surface area contributed by atoms with Crippen molar-refractivity contribution in [1.82, 2.24) is 0 Å². The number of aliphatic hydroxyl groups excluding tert-OH is 2. The lowest BCUT2D eigenvalue weighted by molar-refractivity contribution is -0.161. The number of unbranched alkanes of at least 4 members (excludes halogenated alkanes) is 13. The van der Waals surface area contributed by atoms with Crippen molar-refractivity contribution in [2.75, 3.05) is 13.2 Å². The van der Waals surface area contributed by atoms with Crippen LogP contribution in [-0.4, -0.2) is 47.6 Å². The summed E-state index contributed by atoms with van der Waals surface area (Å²) in [6.07, 6.45) is 48.5. The highest BCUT2D eigenvalue weighted by Gasteiger charge is 2.15. The summed E-state index contributed by atoms with van der Waals surface area (Å²) in [4.78, 5) is 24.3. The molecule has 6 heteroatoms. The van der Waals surface area contributed by atoms with Gasteiger partial charge in [-0.15, -0.1) is 0 Å². The molecule has 0 spiro atoms. The van der Waals surface area contributed by atoms with Crippen molar-refractivity contribution in [3.05, 3.63) is 72.9 Å². The molecule has 0 saturated heterocycles. The second-order valence-electron chi connectivity index (χ2n) is 14.1. The van der Waals surface area contributed by atoms with Gasteiger partial charge in [0.15, 0.2) is 6.10 Å². The summed E-state index contributed by atoms with van der Waals surface area (Å²) in [6.45, 7) is 6.26. The number of ether oxygens (including phenoxy) is 2. The van der Waals surface area contributed by atoms with Crippen LogP contribution in [0.5, 0.6) is 0 Å². The summed E-state index contributed by atoms with van der Waals surface area (Å²) < 4.78 is 10.5. The Bertz CT molecular complexity index is 991. The molecule has 0 rings (SSSR count). The molecule has 0 amide bonds. The fourth-order valence-corrected chi connectivity index (χ4v) is 5.58. The first-order valence-corrected chi connectivity index (χ1v) is 21.0. The van der Waals surface area contributed by atoms with Crippen molar-refractivity contribution in [3.8, 4) is 0 Å². The lowest BCUT2D eigenvalue weighted by Gasteiger charge is -2.15. The highest BCUT2D eigenvalue weighted by Crippen LogP contribution is 2.16. The highest BCUT2D eigenvalue weighted by molar-refractivity contribution is 5.70. The minimum atomic E-state index is -0.856. The van der Waals surface area contributed by atoms with Gasteiger partial charge >= 0.3 is 11.9 Å². The molecule has 0 radical (unpaired) electrons. The fourth-order valence-electron chi connectivity index (χ4n) is 5.58. The molecule has 3 atom stereocenters. The van der Waals surface area contributed by atoms with Crippen LogP contribution in [-0.2, 0) is 19.1 Å². The number of esters is 2. The molecule has 2 unspecified atom stereocenters. The number of allylic oxidation sites excluding steroid dienone is 10. The number of aliphatic hydroxyl groups is 2. The molecule has 52 heavy (non-hydrogen) atoms. The van der Waals surface area contributed by atoms with Crippen molar-refractivity contribution in [3.63, 3.8) is 0 Å². The highest BCUT2D eigenvalue weighted by atomic mass is 16.6. The van der Waals surface area contributed by atoms with Crippen LogP contribution in [0.2, 0.25) is 0 Å². The molecule has 0 aliphatic heterocycles. The summed E-state index contributed by atoms with van der Waals surface area (Å²) in [6, 6.07) is 0. The van der Waals surface area contributed by atoms with Gasteiger partial charge in [-0.05, 0) is 50.9 Å². The predicted molar refractivity (Wildman–Crippen MR) is 220 cm³/mol. The lowest BCUT2D eigenvalue weighted by Crippen LogP contribution is -2.28. The number of hydrogen-bond acceptors (Lipinski definition) is 6. The molecular formula is C46H78O6. The van der Waals surface area contributed by atoms with Gasteiger partial charge in [-0.25, -0.2) is 0 Å². The Balaban J connectivity index is 3.77. The van der Waals surface area contributed by atoms with Crippen molar-refractivity contribution in [1.29, 1.82) is 0 Å². The van der Waals surface area contributed by atoms with E-state index in [1.807, 2.05) is 30.4 Å². The SMILES string of the molecule is CC/C=C\C/C=C\C/C=C\C/C=C\C=C/C(O)C/C=C\CCC(=O)O[C@@H](CO)COC(=O)CCCCCCCCCCCCCCCCC(C)CC. The van der Waals surface area contributed by atoms with Gasteiger partial charge in [-0.3, -0.25) is 9.59 Å². The molecule has 0 aromatic carbocycles. The van der Waals surface area contributed by atoms with Gasteiger partial charge in [0.2, 0.25) is 0 Å². The Kier molecular flexibility index (Phi) is 37.5. The molecule has 0 saturated carbocycles. The third-order valence-electron chi connectivity index (χ3n) is 9.15. The number of hydrogen-bond donors (Lipinski definition) is 2. The van der Waals surface area contributed by atoms with E-state index in [1.54, 1.807) is 6.08 Å². The van der Waals surface area contributed by atoms with E-state index in [0.717, 1.165) is 50.9 Å². The van der Waals surface area contributed by atoms with Gasteiger partial charge in [0, 0.05) is 12.8 Å². The van der Waals surface area contributed by atoms with Gasteiger partial charge in [-0.2, -0.15) is 0 Å². The molecule has 0 aliphatic carbocycles. The molecule has 298 valence electrons. The summed E-state index contributed by atoms with van der Waals surface area (Å²) in [7, 11) is 0. The van der Waals surface area contributed by atoms with E-state index in [2.05, 4.69) is 57.2 Å². The average Bonchev–Trinajstić information content (AvgIpc) is 3.14. The van der Waals surface area contributed by atoms with E-state index in [4.69, 9.17) is 9.47 Å². The molecule has 0 fully saturated rings. The molecule has 0 bridgehead atoms. The first kappa shape index (κ1) is 49.3. The Labute approximate surface area is 319 Å². The van der Waals surface area contributed by atoms with Gasteiger partial charge in [0.05, 0.1) is 12.7 Å². The second-order valence-corrected chi connectivity index (χ2v) is 14.1. The van der Waals surface area contributed by atoms with Crippen LogP contribution in [0.1, 0.15) is 175 Å². The number of rotatable bonds is 36. The quantitative estimate of drug-likeness (QED) is 0.0289. The largest absolute Gasteiger partial charge is 0.462 e. The minimum Gasteiger partial charge on any atom is -0.462 e. The van der Waals surface area contributed by atoms with E-state index in [9.17, 15) is 19.8 Å². The van der Waals surface area contributed by atoms with Gasteiger partial charge in [0.25, 0.3) is 0 Å². The van der Waals surface area contributed by atoms with Crippen LogP contribution in [0, 0.1) is 5.92 Å². The standard InChI is InChI=1S/C46H78O6/c1-4-6-7-8-9-10-11-14-18-21-24-27-31-36-43(48)37-32-29-34-39-46(50)52-44(40-47)41-51-45(49)38-33-28-25-22-19-16-13-12-15-17-20-23-26-30-35-42(3)5-2/h6-7,9-10,14,18,24,27,29,31-32,36,42-44,47-48H,4-5,8,11-13,15-17,19-23,25-26,28,30,33-35,37-41H2,1-3H3/b7-6-,10-9-,18-14-,27-24-,32-29-,36-31-/t42?,43?,44-/m0/s1. The zero-order valence-electron chi connectivity index (χ0n) is 33.6. The summed E-state index contributed by atoms with van der Waals surface area (Å²) >= 11 is 0. The van der Waals surface area contributed by atoms with E-state index in [-0.39, 0.29) is 19.0 Å².